The number of hydrogen-bond donors (Lipinski definition) is 9. The molecule has 180 valence electrons. The number of rotatable bonds is 8. The van der Waals surface area contributed by atoms with E-state index in [4.69, 9.17) is 25.2 Å². The van der Waals surface area contributed by atoms with Crippen LogP contribution >= 0.6 is 23.5 Å². The number of aromatic amines is 2. The van der Waals surface area contributed by atoms with Crippen molar-refractivity contribution in [1.29, 1.82) is 0 Å². The molecule has 1 saturated heterocycles. The molecule has 3 heterocycles. The Morgan fingerprint density at radius 2 is 1.66 bits per heavy atom. The predicted molar refractivity (Wildman–Crippen MR) is 98.4 cm³/mol. The molecule has 3 rings (SSSR count). The highest BCUT2D eigenvalue weighted by Crippen LogP contribution is 2.66. The average molecular weight is 523 g/mol. The molecule has 32 heavy (non-hydrogen) atoms. The molecule has 0 aliphatic carbocycles. The first-order valence-corrected chi connectivity index (χ1v) is 12.6. The number of nitrogens with one attached hydrogen (secondary N) is 2. The van der Waals surface area contributed by atoms with E-state index >= 15 is 0 Å². The van der Waals surface area contributed by atoms with Crippen LogP contribution in [0.1, 0.15) is 11.9 Å². The fourth-order valence-corrected chi connectivity index (χ4v) is 5.69. The lowest BCUT2D eigenvalue weighted by Gasteiger charge is -2.19. The van der Waals surface area contributed by atoms with Gasteiger partial charge in [0.15, 0.2) is 11.2 Å². The molecule has 0 saturated carbocycles. The quantitative estimate of drug-likeness (QED) is 0.165. The van der Waals surface area contributed by atoms with Crippen molar-refractivity contribution in [3.63, 3.8) is 0 Å². The zero-order valence-corrected chi connectivity index (χ0v) is 18.0. The summed E-state index contributed by atoms with van der Waals surface area (Å²) in [4.78, 5) is 59.8. The third-order valence-corrected chi connectivity index (χ3v) is 7.65. The van der Waals surface area contributed by atoms with Crippen LogP contribution in [0.3, 0.4) is 0 Å². The third-order valence-electron chi connectivity index (χ3n) is 3.85. The van der Waals surface area contributed by atoms with Crippen LogP contribution in [0.15, 0.2) is 4.79 Å². The summed E-state index contributed by atoms with van der Waals surface area (Å²) < 4.78 is 50.5. The van der Waals surface area contributed by atoms with Crippen LogP contribution in [-0.4, -0.2) is 74.6 Å². The lowest BCUT2D eigenvalue weighted by molar-refractivity contribution is -0.0244. The van der Waals surface area contributed by atoms with Crippen molar-refractivity contribution in [1.82, 2.24) is 19.9 Å². The number of aliphatic hydroxyl groups is 2. The van der Waals surface area contributed by atoms with Crippen molar-refractivity contribution in [3.05, 3.63) is 16.2 Å². The minimum absolute atomic E-state index is 0.115. The van der Waals surface area contributed by atoms with Crippen molar-refractivity contribution in [2.24, 2.45) is 0 Å². The summed E-state index contributed by atoms with van der Waals surface area (Å²) in [7, 11) is -16.8. The lowest BCUT2D eigenvalue weighted by Crippen LogP contribution is -2.33. The summed E-state index contributed by atoms with van der Waals surface area (Å²) >= 11 is 0. The molecular weight excluding hydrogens is 507 g/mol. The van der Waals surface area contributed by atoms with Gasteiger partial charge in [-0.15, -0.1) is 0 Å². The second-order valence-electron chi connectivity index (χ2n) is 6.23. The molecule has 0 aromatic carbocycles. The first-order valence-electron chi connectivity index (χ1n) is 8.12. The number of nitrogens with two attached hydrogens (primary N) is 1. The molecule has 1 fully saturated rings. The first-order chi connectivity index (χ1) is 14.6. The largest absolute Gasteiger partial charge is 0.490 e. The Labute approximate surface area is 175 Å². The Balaban J connectivity index is 1.70. The summed E-state index contributed by atoms with van der Waals surface area (Å²) in [5, 5.41) is 20.3. The van der Waals surface area contributed by atoms with E-state index in [9.17, 15) is 33.6 Å². The summed E-state index contributed by atoms with van der Waals surface area (Å²) in [6.45, 7) is -1.01. The number of anilines is 1. The van der Waals surface area contributed by atoms with Gasteiger partial charge in [-0.3, -0.25) is 14.3 Å². The molecule has 2 aromatic rings. The van der Waals surface area contributed by atoms with Crippen LogP contribution in [0.4, 0.5) is 5.95 Å². The number of phosphoric ester groups is 1. The second kappa shape index (κ2) is 8.66. The standard InChI is InChI=1S/C10H16N5O14P3/c11-10-14-7-3(9(18)15-10)12-8(13-7)6-5(17)4(16)2(27-6)1-26-31(22,23)29-32(24,25)28-30(19,20)21/h2,4-6,16-17H,1H2,(H,22,23)(H,24,25)(H2,19,20,21)(H4,11,12,13,14,15,18)/t2-,4-,5+,6?/m1/s1. The first kappa shape index (κ1) is 25.1. The third kappa shape index (κ3) is 5.86. The number of nitrogens with zero attached hydrogens (tertiary/aromatic N) is 2. The van der Waals surface area contributed by atoms with Gasteiger partial charge in [0.1, 0.15) is 30.2 Å². The average Bonchev–Trinajstić information content (AvgIpc) is 3.12. The van der Waals surface area contributed by atoms with Crippen molar-refractivity contribution < 1.29 is 61.4 Å². The van der Waals surface area contributed by atoms with Crippen LogP contribution in [0.25, 0.3) is 11.2 Å². The van der Waals surface area contributed by atoms with Crippen molar-refractivity contribution in [2.45, 2.75) is 24.4 Å². The molecule has 3 unspecified atom stereocenters. The maximum atomic E-state index is 11.9. The maximum absolute atomic E-state index is 11.9. The van der Waals surface area contributed by atoms with Crippen LogP contribution < -0.4 is 11.3 Å². The Hall–Kier alpha value is -1.56. The summed E-state index contributed by atoms with van der Waals surface area (Å²) in [6.07, 6.45) is -6.34. The van der Waals surface area contributed by atoms with Gasteiger partial charge in [0.05, 0.1) is 6.61 Å². The number of H-pyrrole nitrogens is 2. The summed E-state index contributed by atoms with van der Waals surface area (Å²) in [5.74, 6) is -0.390. The van der Waals surface area contributed by atoms with Crippen LogP contribution in [0.5, 0.6) is 0 Å². The van der Waals surface area contributed by atoms with Gasteiger partial charge < -0.3 is 45.2 Å². The van der Waals surface area contributed by atoms with Gasteiger partial charge in [-0.25, -0.2) is 18.7 Å². The van der Waals surface area contributed by atoms with Gasteiger partial charge in [-0.2, -0.15) is 13.6 Å². The molecule has 0 spiro atoms. The van der Waals surface area contributed by atoms with Crippen LogP contribution in [-0.2, 0) is 31.6 Å². The molecule has 0 amide bonds. The topological polar surface area (TPSA) is 310 Å². The Kier molecular flexibility index (Phi) is 6.78. The van der Waals surface area contributed by atoms with Crippen molar-refractivity contribution >= 4 is 40.6 Å². The minimum atomic E-state index is -5.73. The SMILES string of the molecule is Nc1nc2nc(C3O[C@H](COP(=O)(O)OP(=O)(O)OP(=O)(O)O)[C@@H](O)[C@@H]3O)[nH]c2c(=O)[nH]1. The highest BCUT2D eigenvalue weighted by Gasteiger charge is 2.47. The number of nitrogen functional groups attached to an aromatic ring is 1. The molecule has 1 aliphatic rings. The summed E-state index contributed by atoms with van der Waals surface area (Å²) in [6, 6.07) is 0. The van der Waals surface area contributed by atoms with E-state index in [1.807, 2.05) is 0 Å². The molecule has 10 N–H and O–H groups in total. The Bertz CT molecular complexity index is 1210. The smallest absolute Gasteiger partial charge is 0.387 e. The second-order valence-corrected chi connectivity index (χ2v) is 10.7. The molecular formula is C10H16N5O14P3. The van der Waals surface area contributed by atoms with E-state index in [0.717, 1.165) is 0 Å². The van der Waals surface area contributed by atoms with Gasteiger partial charge in [0.2, 0.25) is 5.95 Å². The summed E-state index contributed by atoms with van der Waals surface area (Å²) in [5.41, 5.74) is 4.49. The zero-order chi connectivity index (χ0) is 24.1. The van der Waals surface area contributed by atoms with Gasteiger partial charge in [0.25, 0.3) is 5.56 Å². The highest BCUT2D eigenvalue weighted by molar-refractivity contribution is 7.66. The van der Waals surface area contributed by atoms with E-state index in [-0.39, 0.29) is 22.9 Å². The molecule has 0 bridgehead atoms. The van der Waals surface area contributed by atoms with E-state index in [2.05, 4.69) is 33.1 Å². The molecule has 2 aromatic heterocycles. The normalized spacial score (nSPS) is 27.9. The predicted octanol–water partition coefficient (Wildman–Crippen LogP) is -2.27. The Morgan fingerprint density at radius 1 is 1.00 bits per heavy atom. The highest BCUT2D eigenvalue weighted by atomic mass is 31.3. The van der Waals surface area contributed by atoms with Crippen LogP contribution in [0.2, 0.25) is 0 Å². The number of phosphoric acid groups is 3. The number of hydrogen-bond acceptors (Lipinski definition) is 13. The maximum Gasteiger partial charge on any atom is 0.490 e. The van der Waals surface area contributed by atoms with Gasteiger partial charge in [0, 0.05) is 0 Å². The number of aromatic nitrogens is 4. The fraction of sp³-hybridized carbons (Fsp3) is 0.500. The van der Waals surface area contributed by atoms with Crippen LogP contribution in [0, 0.1) is 0 Å². The van der Waals surface area contributed by atoms with E-state index in [1.54, 1.807) is 0 Å². The number of aliphatic hydroxyl groups excluding tert-OH is 2. The van der Waals surface area contributed by atoms with Crippen molar-refractivity contribution in [2.75, 3.05) is 12.3 Å². The Morgan fingerprint density at radius 3 is 2.28 bits per heavy atom. The van der Waals surface area contributed by atoms with Gasteiger partial charge >= 0.3 is 23.5 Å². The monoisotopic (exact) mass is 523 g/mol. The fourth-order valence-electron chi connectivity index (χ4n) is 2.66. The molecule has 0 radical (unpaired) electrons. The van der Waals surface area contributed by atoms with Gasteiger partial charge in [-0.05, 0) is 0 Å². The molecule has 6 atom stereocenters. The molecule has 22 heteroatoms. The number of ether oxygens (including phenoxy) is 1. The lowest BCUT2D eigenvalue weighted by atomic mass is 10.1. The van der Waals surface area contributed by atoms with E-state index in [1.165, 1.54) is 0 Å². The van der Waals surface area contributed by atoms with E-state index < -0.39 is 60.1 Å². The van der Waals surface area contributed by atoms with Crippen molar-refractivity contribution in [3.8, 4) is 0 Å². The number of imidazole rings is 1. The zero-order valence-electron chi connectivity index (χ0n) is 15.3. The molecule has 1 aliphatic heterocycles. The molecule has 19 nitrogen and oxygen atoms in total. The minimum Gasteiger partial charge on any atom is -0.387 e. The van der Waals surface area contributed by atoms with Gasteiger partial charge in [-0.1, -0.05) is 0 Å². The van der Waals surface area contributed by atoms with E-state index in [0.29, 0.717) is 0 Å². The number of fused-ring (bicyclic) bond motifs is 1.